The number of rotatable bonds is 7. The van der Waals surface area contributed by atoms with Gasteiger partial charge in [-0.1, -0.05) is 48.1 Å². The maximum Gasteiger partial charge on any atom is 0.240 e. The van der Waals surface area contributed by atoms with Crippen LogP contribution < -0.4 is 9.62 Å². The normalized spacial score (nSPS) is 12.8. The van der Waals surface area contributed by atoms with Crippen molar-refractivity contribution in [2.45, 2.75) is 32.7 Å². The Morgan fingerprint density at radius 2 is 1.78 bits per heavy atom. The third-order valence-corrected chi connectivity index (χ3v) is 5.23. The van der Waals surface area contributed by atoms with Gasteiger partial charge in [0.2, 0.25) is 15.9 Å². The van der Waals surface area contributed by atoms with Crippen LogP contribution in [0.25, 0.3) is 0 Å². The molecular formula is C14H19Cl3N2O3S. The fourth-order valence-electron chi connectivity index (χ4n) is 2.04. The maximum atomic E-state index is 12.1. The van der Waals surface area contributed by atoms with Gasteiger partial charge in [-0.15, -0.1) is 0 Å². The number of sulfonamides is 1. The van der Waals surface area contributed by atoms with Crippen LogP contribution in [0.5, 0.6) is 0 Å². The van der Waals surface area contributed by atoms with Gasteiger partial charge in [0.1, 0.15) is 6.54 Å². The predicted molar refractivity (Wildman–Crippen MR) is 96.2 cm³/mol. The van der Waals surface area contributed by atoms with E-state index in [1.165, 1.54) is 12.1 Å². The van der Waals surface area contributed by atoms with Gasteiger partial charge < -0.3 is 5.32 Å². The first kappa shape index (κ1) is 20.4. The SMILES string of the molecule is CCC[C@H](C)NC(=O)CN(c1cc(Cl)c(Cl)cc1Cl)S(C)(=O)=O. The Kier molecular flexibility index (Phi) is 7.45. The van der Waals surface area contributed by atoms with Gasteiger partial charge >= 0.3 is 0 Å². The summed E-state index contributed by atoms with van der Waals surface area (Å²) in [6.07, 6.45) is 2.71. The average Bonchev–Trinajstić information content (AvgIpc) is 2.39. The lowest BCUT2D eigenvalue weighted by Gasteiger charge is -2.24. The fourth-order valence-corrected chi connectivity index (χ4v) is 3.59. The van der Waals surface area contributed by atoms with E-state index in [1.54, 1.807) is 0 Å². The van der Waals surface area contributed by atoms with Crippen molar-refractivity contribution in [2.24, 2.45) is 0 Å². The number of nitrogens with zero attached hydrogens (tertiary/aromatic N) is 1. The van der Waals surface area contributed by atoms with Crippen LogP contribution in [0.15, 0.2) is 12.1 Å². The van der Waals surface area contributed by atoms with Crippen LogP contribution in [-0.4, -0.2) is 33.2 Å². The topological polar surface area (TPSA) is 66.5 Å². The van der Waals surface area contributed by atoms with Gasteiger partial charge in [-0.3, -0.25) is 9.10 Å². The van der Waals surface area contributed by atoms with Crippen molar-refractivity contribution in [3.05, 3.63) is 27.2 Å². The van der Waals surface area contributed by atoms with Crippen molar-refractivity contribution in [1.82, 2.24) is 5.32 Å². The van der Waals surface area contributed by atoms with Crippen molar-refractivity contribution >= 4 is 56.4 Å². The predicted octanol–water partition coefficient (Wildman–Crippen LogP) is 3.72. The second kappa shape index (κ2) is 8.42. The number of carbonyl (C=O) groups excluding carboxylic acids is 1. The lowest BCUT2D eigenvalue weighted by atomic mass is 10.2. The first-order valence-corrected chi connectivity index (χ1v) is 9.96. The fraction of sp³-hybridized carbons (Fsp3) is 0.500. The standard InChI is InChI=1S/C14H19Cl3N2O3S/c1-4-5-9(2)18-14(20)8-19(23(3,21)22)13-7-11(16)10(15)6-12(13)17/h6-7,9H,4-5,8H2,1-3H3,(H,18,20)/t9-/m0/s1. The second-order valence-corrected chi connectivity index (χ2v) is 8.37. The summed E-state index contributed by atoms with van der Waals surface area (Å²) in [7, 11) is -3.73. The van der Waals surface area contributed by atoms with Crippen LogP contribution in [0.3, 0.4) is 0 Å². The number of anilines is 1. The van der Waals surface area contributed by atoms with E-state index in [4.69, 9.17) is 34.8 Å². The average molecular weight is 402 g/mol. The van der Waals surface area contributed by atoms with E-state index >= 15 is 0 Å². The summed E-state index contributed by atoms with van der Waals surface area (Å²) in [5.74, 6) is -0.418. The first-order chi connectivity index (χ1) is 10.6. The molecule has 1 N–H and O–H groups in total. The van der Waals surface area contributed by atoms with E-state index in [-0.39, 0.29) is 33.3 Å². The minimum atomic E-state index is -3.73. The Hall–Kier alpha value is -0.690. The molecule has 0 bridgehead atoms. The number of amides is 1. The number of carbonyl (C=O) groups is 1. The largest absolute Gasteiger partial charge is 0.352 e. The molecule has 1 aromatic carbocycles. The first-order valence-electron chi connectivity index (χ1n) is 6.97. The minimum Gasteiger partial charge on any atom is -0.352 e. The molecule has 5 nitrogen and oxygen atoms in total. The third-order valence-electron chi connectivity index (χ3n) is 3.08. The Morgan fingerprint density at radius 3 is 2.30 bits per heavy atom. The van der Waals surface area contributed by atoms with E-state index in [2.05, 4.69) is 5.32 Å². The molecule has 9 heteroatoms. The molecule has 0 saturated heterocycles. The molecule has 0 fully saturated rings. The Labute approximate surface area is 151 Å². The Balaban J connectivity index is 3.08. The Bertz CT molecular complexity index is 680. The number of nitrogens with one attached hydrogen (secondary N) is 1. The number of benzene rings is 1. The van der Waals surface area contributed by atoms with Gasteiger partial charge in [-0.05, 0) is 25.5 Å². The zero-order valence-corrected chi connectivity index (χ0v) is 16.2. The number of hydrogen-bond donors (Lipinski definition) is 1. The molecule has 0 aliphatic carbocycles. The van der Waals surface area contributed by atoms with Gasteiger partial charge in [-0.2, -0.15) is 0 Å². The monoisotopic (exact) mass is 400 g/mol. The number of halogens is 3. The highest BCUT2D eigenvalue weighted by atomic mass is 35.5. The summed E-state index contributed by atoms with van der Waals surface area (Å²) in [4.78, 5) is 12.1. The van der Waals surface area contributed by atoms with Gasteiger partial charge in [0, 0.05) is 6.04 Å². The molecular weight excluding hydrogens is 383 g/mol. The second-order valence-electron chi connectivity index (χ2n) is 5.24. The zero-order chi connectivity index (χ0) is 17.8. The van der Waals surface area contributed by atoms with Crippen molar-refractivity contribution in [3.8, 4) is 0 Å². The van der Waals surface area contributed by atoms with Crippen LogP contribution >= 0.6 is 34.8 Å². The molecule has 0 unspecified atom stereocenters. The third kappa shape index (κ3) is 6.03. The molecule has 0 saturated carbocycles. The van der Waals surface area contributed by atoms with Crippen molar-refractivity contribution in [3.63, 3.8) is 0 Å². The summed E-state index contributed by atoms with van der Waals surface area (Å²) in [6.45, 7) is 3.48. The molecule has 1 rings (SSSR count). The van der Waals surface area contributed by atoms with Gasteiger partial charge in [0.05, 0.1) is 27.0 Å². The van der Waals surface area contributed by atoms with E-state index in [9.17, 15) is 13.2 Å². The molecule has 23 heavy (non-hydrogen) atoms. The van der Waals surface area contributed by atoms with Crippen LogP contribution in [0.4, 0.5) is 5.69 Å². The van der Waals surface area contributed by atoms with Crippen LogP contribution in [0, 0.1) is 0 Å². The number of hydrogen-bond acceptors (Lipinski definition) is 3. The van der Waals surface area contributed by atoms with Gasteiger partial charge in [-0.25, -0.2) is 8.42 Å². The molecule has 130 valence electrons. The summed E-state index contributed by atoms with van der Waals surface area (Å²) >= 11 is 17.8. The molecule has 0 radical (unpaired) electrons. The van der Waals surface area contributed by atoms with E-state index in [1.807, 2.05) is 13.8 Å². The summed E-state index contributed by atoms with van der Waals surface area (Å²) in [5, 5.41) is 3.20. The molecule has 1 amide bonds. The summed E-state index contributed by atoms with van der Waals surface area (Å²) in [5.41, 5.74) is 0.113. The highest BCUT2D eigenvalue weighted by Crippen LogP contribution is 2.35. The van der Waals surface area contributed by atoms with Crippen LogP contribution in [-0.2, 0) is 14.8 Å². The van der Waals surface area contributed by atoms with Crippen LogP contribution in [0.2, 0.25) is 15.1 Å². The van der Waals surface area contributed by atoms with Gasteiger partial charge in [0.25, 0.3) is 0 Å². The maximum absolute atomic E-state index is 12.1. The van der Waals surface area contributed by atoms with Crippen LogP contribution in [0.1, 0.15) is 26.7 Å². The lowest BCUT2D eigenvalue weighted by Crippen LogP contribution is -2.43. The molecule has 1 atom stereocenters. The quantitative estimate of drug-likeness (QED) is 0.708. The lowest BCUT2D eigenvalue weighted by molar-refractivity contribution is -0.120. The smallest absolute Gasteiger partial charge is 0.240 e. The van der Waals surface area contributed by atoms with E-state index < -0.39 is 15.9 Å². The highest BCUT2D eigenvalue weighted by molar-refractivity contribution is 7.92. The molecule has 0 aliphatic heterocycles. The van der Waals surface area contributed by atoms with E-state index in [0.717, 1.165) is 23.4 Å². The summed E-state index contributed by atoms with van der Waals surface area (Å²) in [6, 6.07) is 2.63. The molecule has 0 heterocycles. The zero-order valence-electron chi connectivity index (χ0n) is 13.1. The Morgan fingerprint density at radius 1 is 1.22 bits per heavy atom. The molecule has 1 aromatic rings. The molecule has 0 aliphatic rings. The molecule has 0 aromatic heterocycles. The molecule has 0 spiro atoms. The van der Waals surface area contributed by atoms with Crippen molar-refractivity contribution < 1.29 is 13.2 Å². The van der Waals surface area contributed by atoms with Gasteiger partial charge in [0.15, 0.2) is 0 Å². The highest BCUT2D eigenvalue weighted by Gasteiger charge is 2.24. The van der Waals surface area contributed by atoms with Crippen molar-refractivity contribution in [2.75, 3.05) is 17.1 Å². The summed E-state index contributed by atoms with van der Waals surface area (Å²) < 4.78 is 25.0. The van der Waals surface area contributed by atoms with E-state index in [0.29, 0.717) is 0 Å². The minimum absolute atomic E-state index is 0.0433. The van der Waals surface area contributed by atoms with Crippen molar-refractivity contribution in [1.29, 1.82) is 0 Å².